The number of aryl methyl sites for hydroxylation is 1. The number of aromatic nitrogens is 1. The second-order valence-electron chi connectivity index (χ2n) is 4.08. The van der Waals surface area contributed by atoms with Crippen molar-refractivity contribution in [1.29, 1.82) is 0 Å². The predicted octanol–water partition coefficient (Wildman–Crippen LogP) is 3.27. The highest BCUT2D eigenvalue weighted by atomic mass is 79.9. The highest BCUT2D eigenvalue weighted by Crippen LogP contribution is 2.10. The number of aromatic amines is 1. The van der Waals surface area contributed by atoms with Gasteiger partial charge in [0.15, 0.2) is 0 Å². The van der Waals surface area contributed by atoms with E-state index in [9.17, 15) is 4.79 Å². The number of halogens is 1. The Kier molecular flexibility index (Phi) is 4.20. The number of hydrogen-bond donors (Lipinski definition) is 2. The summed E-state index contributed by atoms with van der Waals surface area (Å²) in [6, 6.07) is 10.0. The molecule has 0 atom stereocenters. The highest BCUT2D eigenvalue weighted by Gasteiger charge is 2.06. The first-order valence-corrected chi connectivity index (χ1v) is 6.68. The molecule has 1 heterocycles. The van der Waals surface area contributed by atoms with Gasteiger partial charge < -0.3 is 10.3 Å². The van der Waals surface area contributed by atoms with E-state index in [1.54, 1.807) is 12.3 Å². The molecule has 1 aromatic carbocycles. The van der Waals surface area contributed by atoms with Crippen LogP contribution in [-0.4, -0.2) is 10.9 Å². The lowest BCUT2D eigenvalue weighted by Crippen LogP contribution is -2.22. The summed E-state index contributed by atoms with van der Waals surface area (Å²) in [4.78, 5) is 14.7. The van der Waals surface area contributed by atoms with E-state index in [0.717, 1.165) is 16.5 Å². The van der Waals surface area contributed by atoms with E-state index < -0.39 is 0 Å². The summed E-state index contributed by atoms with van der Waals surface area (Å²) in [6.45, 7) is 2.67. The van der Waals surface area contributed by atoms with Crippen molar-refractivity contribution in [2.45, 2.75) is 19.9 Å². The van der Waals surface area contributed by atoms with Gasteiger partial charge in [0, 0.05) is 17.2 Å². The zero-order valence-electron chi connectivity index (χ0n) is 10.2. The van der Waals surface area contributed by atoms with Crippen LogP contribution in [0.15, 0.2) is 41.0 Å². The Morgan fingerprint density at radius 3 is 2.50 bits per heavy atom. The molecule has 1 aromatic heterocycles. The standard InChI is InChI=1S/C14H15BrN2O/c1-2-10-3-5-11(6-4-10)8-17-14(18)13-7-12(15)9-16-13/h3-7,9,16H,2,8H2,1H3,(H,17,18). The number of H-pyrrole nitrogens is 1. The molecule has 94 valence electrons. The molecule has 18 heavy (non-hydrogen) atoms. The minimum absolute atomic E-state index is 0.0970. The summed E-state index contributed by atoms with van der Waals surface area (Å²) in [5.41, 5.74) is 2.97. The van der Waals surface area contributed by atoms with E-state index in [4.69, 9.17) is 0 Å². The first-order valence-electron chi connectivity index (χ1n) is 5.89. The van der Waals surface area contributed by atoms with Crippen molar-refractivity contribution in [3.05, 3.63) is 57.8 Å². The normalized spacial score (nSPS) is 10.3. The summed E-state index contributed by atoms with van der Waals surface area (Å²) in [6.07, 6.45) is 2.77. The largest absolute Gasteiger partial charge is 0.356 e. The number of carbonyl (C=O) groups is 1. The van der Waals surface area contributed by atoms with Gasteiger partial charge in [-0.15, -0.1) is 0 Å². The molecule has 2 rings (SSSR count). The quantitative estimate of drug-likeness (QED) is 0.894. The van der Waals surface area contributed by atoms with Gasteiger partial charge in [-0.3, -0.25) is 4.79 Å². The van der Waals surface area contributed by atoms with Crippen molar-refractivity contribution in [2.24, 2.45) is 0 Å². The van der Waals surface area contributed by atoms with Crippen molar-refractivity contribution < 1.29 is 4.79 Å². The zero-order chi connectivity index (χ0) is 13.0. The Hall–Kier alpha value is -1.55. The summed E-state index contributed by atoms with van der Waals surface area (Å²) in [5.74, 6) is -0.0970. The fourth-order valence-electron chi connectivity index (χ4n) is 1.67. The Morgan fingerprint density at radius 2 is 1.94 bits per heavy atom. The van der Waals surface area contributed by atoms with E-state index in [1.807, 2.05) is 12.1 Å². The lowest BCUT2D eigenvalue weighted by molar-refractivity contribution is 0.0946. The van der Waals surface area contributed by atoms with Crippen LogP contribution < -0.4 is 5.32 Å². The van der Waals surface area contributed by atoms with E-state index in [-0.39, 0.29) is 5.91 Å². The third kappa shape index (κ3) is 3.23. The number of rotatable bonds is 4. The molecule has 0 saturated heterocycles. The second-order valence-corrected chi connectivity index (χ2v) is 5.00. The third-order valence-corrected chi connectivity index (χ3v) is 3.23. The Labute approximate surface area is 115 Å². The number of hydrogen-bond acceptors (Lipinski definition) is 1. The molecule has 0 aliphatic carbocycles. The van der Waals surface area contributed by atoms with Crippen LogP contribution in [0, 0.1) is 0 Å². The highest BCUT2D eigenvalue weighted by molar-refractivity contribution is 9.10. The van der Waals surface area contributed by atoms with Gasteiger partial charge in [0.25, 0.3) is 5.91 Å². The van der Waals surface area contributed by atoms with Crippen LogP contribution in [0.5, 0.6) is 0 Å². The number of benzene rings is 1. The van der Waals surface area contributed by atoms with Gasteiger partial charge in [0.05, 0.1) is 0 Å². The van der Waals surface area contributed by atoms with Crippen LogP contribution in [0.3, 0.4) is 0 Å². The Morgan fingerprint density at radius 1 is 1.28 bits per heavy atom. The summed E-state index contributed by atoms with van der Waals surface area (Å²) in [7, 11) is 0. The molecule has 0 unspecified atom stereocenters. The first kappa shape index (κ1) is 12.9. The number of nitrogens with one attached hydrogen (secondary N) is 2. The van der Waals surface area contributed by atoms with E-state index in [2.05, 4.69) is 45.3 Å². The monoisotopic (exact) mass is 306 g/mol. The average Bonchev–Trinajstić information content (AvgIpc) is 2.83. The number of amides is 1. The summed E-state index contributed by atoms with van der Waals surface area (Å²) < 4.78 is 0.875. The third-order valence-electron chi connectivity index (χ3n) is 2.78. The molecule has 3 nitrogen and oxygen atoms in total. The molecule has 0 bridgehead atoms. The van der Waals surface area contributed by atoms with Crippen molar-refractivity contribution >= 4 is 21.8 Å². The predicted molar refractivity (Wildman–Crippen MR) is 75.5 cm³/mol. The Balaban J connectivity index is 1.92. The van der Waals surface area contributed by atoms with E-state index in [1.165, 1.54) is 5.56 Å². The molecule has 2 N–H and O–H groups in total. The zero-order valence-corrected chi connectivity index (χ0v) is 11.8. The smallest absolute Gasteiger partial charge is 0.267 e. The van der Waals surface area contributed by atoms with Gasteiger partial charge in [-0.05, 0) is 39.5 Å². The molecule has 2 aromatic rings. The number of carbonyl (C=O) groups excluding carboxylic acids is 1. The van der Waals surface area contributed by atoms with E-state index in [0.29, 0.717) is 12.2 Å². The molecule has 0 saturated carbocycles. The summed E-state index contributed by atoms with van der Waals surface area (Å²) in [5, 5.41) is 2.88. The van der Waals surface area contributed by atoms with Gasteiger partial charge >= 0.3 is 0 Å². The molecular formula is C14H15BrN2O. The molecule has 4 heteroatoms. The van der Waals surface area contributed by atoms with Gasteiger partial charge in [-0.2, -0.15) is 0 Å². The molecule has 0 radical (unpaired) electrons. The lowest BCUT2D eigenvalue weighted by Gasteiger charge is -2.05. The maximum atomic E-state index is 11.8. The van der Waals surface area contributed by atoms with Crippen LogP contribution in [0.25, 0.3) is 0 Å². The maximum absolute atomic E-state index is 11.8. The van der Waals surface area contributed by atoms with Crippen LogP contribution >= 0.6 is 15.9 Å². The van der Waals surface area contributed by atoms with Gasteiger partial charge in [0.2, 0.25) is 0 Å². The fraction of sp³-hybridized carbons (Fsp3) is 0.214. The van der Waals surface area contributed by atoms with Crippen molar-refractivity contribution in [3.63, 3.8) is 0 Å². The molecule has 1 amide bonds. The van der Waals surface area contributed by atoms with Crippen molar-refractivity contribution in [2.75, 3.05) is 0 Å². The first-order chi connectivity index (χ1) is 8.69. The molecule has 0 spiro atoms. The lowest BCUT2D eigenvalue weighted by atomic mass is 10.1. The minimum Gasteiger partial charge on any atom is -0.356 e. The molecule has 0 aliphatic rings. The topological polar surface area (TPSA) is 44.9 Å². The minimum atomic E-state index is -0.0970. The van der Waals surface area contributed by atoms with Gasteiger partial charge in [0.1, 0.15) is 5.69 Å². The van der Waals surface area contributed by atoms with Crippen LogP contribution in [0.2, 0.25) is 0 Å². The summed E-state index contributed by atoms with van der Waals surface area (Å²) >= 11 is 3.30. The van der Waals surface area contributed by atoms with Crippen molar-refractivity contribution in [3.8, 4) is 0 Å². The maximum Gasteiger partial charge on any atom is 0.267 e. The average molecular weight is 307 g/mol. The SMILES string of the molecule is CCc1ccc(CNC(=O)c2cc(Br)c[nH]2)cc1. The van der Waals surface area contributed by atoms with Crippen LogP contribution in [-0.2, 0) is 13.0 Å². The van der Waals surface area contributed by atoms with Crippen LogP contribution in [0.1, 0.15) is 28.5 Å². The molecular weight excluding hydrogens is 292 g/mol. The Bertz CT molecular complexity index is 531. The molecule has 0 fully saturated rings. The van der Waals surface area contributed by atoms with Gasteiger partial charge in [-0.1, -0.05) is 31.2 Å². The van der Waals surface area contributed by atoms with E-state index >= 15 is 0 Å². The molecule has 0 aliphatic heterocycles. The fourth-order valence-corrected chi connectivity index (χ4v) is 2.01. The van der Waals surface area contributed by atoms with Crippen molar-refractivity contribution in [1.82, 2.24) is 10.3 Å². The second kappa shape index (κ2) is 5.87. The van der Waals surface area contributed by atoms with Gasteiger partial charge in [-0.25, -0.2) is 0 Å². The van der Waals surface area contributed by atoms with Crippen LogP contribution in [0.4, 0.5) is 0 Å².